The van der Waals surface area contributed by atoms with Crippen molar-refractivity contribution in [2.75, 3.05) is 16.5 Å². The van der Waals surface area contributed by atoms with Crippen LogP contribution in [0.1, 0.15) is 144 Å². The Morgan fingerprint density at radius 3 is 1.43 bits per heavy atom. The second-order valence-electron chi connectivity index (χ2n) is 26.7. The number of hydrogen-bond acceptors (Lipinski definition) is 4. The molecule has 394 valence electrons. The SMILES string of the molecule is CC(C)(C)C1=C(C(C)(C)C)N(c2cc(C(C)(C)c3ccccc3)cc(C(C)(C)c3ccccc3)c2)CN1c1cc(Oc2cc(C(C)(C)C)c3c4ccccc4n(-c4cc(C(C)(C)C)ccn4)c3c2)cc(-c2ccccc2)c1. The summed E-state index contributed by atoms with van der Waals surface area (Å²) in [5.41, 5.74) is 15.6. The van der Waals surface area contributed by atoms with E-state index in [1.165, 1.54) is 61.2 Å². The normalized spacial score (nSPS) is 14.1. The molecule has 0 radical (unpaired) electrons. The number of pyridine rings is 1. The van der Waals surface area contributed by atoms with Gasteiger partial charge in [-0.15, -0.1) is 0 Å². The third-order valence-corrected chi connectivity index (χ3v) is 16.1. The quantitative estimate of drug-likeness (QED) is 0.137. The van der Waals surface area contributed by atoms with Crippen LogP contribution in [0, 0.1) is 10.8 Å². The van der Waals surface area contributed by atoms with Crippen molar-refractivity contribution in [3.8, 4) is 28.4 Å². The fraction of sp³-hybridized carbons (Fsp3) is 0.319. The number of nitrogens with zero attached hydrogens (tertiary/aromatic N) is 4. The second kappa shape index (κ2) is 19.3. The van der Waals surface area contributed by atoms with Crippen LogP contribution in [0.2, 0.25) is 0 Å². The molecule has 1 aliphatic heterocycles. The van der Waals surface area contributed by atoms with Crippen LogP contribution in [0.3, 0.4) is 0 Å². The summed E-state index contributed by atoms with van der Waals surface area (Å²) in [7, 11) is 0. The van der Waals surface area contributed by atoms with Gasteiger partial charge in [-0.25, -0.2) is 4.98 Å². The Kier molecular flexibility index (Phi) is 13.3. The van der Waals surface area contributed by atoms with Crippen LogP contribution in [-0.4, -0.2) is 16.2 Å². The number of anilines is 2. The summed E-state index contributed by atoms with van der Waals surface area (Å²) < 4.78 is 9.71. The van der Waals surface area contributed by atoms with Crippen LogP contribution in [0.4, 0.5) is 11.4 Å². The van der Waals surface area contributed by atoms with E-state index >= 15 is 0 Å². The van der Waals surface area contributed by atoms with Gasteiger partial charge in [0.05, 0.1) is 17.7 Å². The van der Waals surface area contributed by atoms with Gasteiger partial charge in [0.25, 0.3) is 0 Å². The van der Waals surface area contributed by atoms with E-state index in [9.17, 15) is 0 Å². The van der Waals surface area contributed by atoms with Crippen molar-refractivity contribution < 1.29 is 4.74 Å². The van der Waals surface area contributed by atoms with Gasteiger partial charge in [0, 0.05) is 73.5 Å². The second-order valence-corrected chi connectivity index (χ2v) is 26.7. The lowest BCUT2D eigenvalue weighted by molar-refractivity contribution is 0.444. The maximum absolute atomic E-state index is 7.38. The van der Waals surface area contributed by atoms with Crippen LogP contribution >= 0.6 is 0 Å². The predicted octanol–water partition coefficient (Wildman–Crippen LogP) is 19.5. The molecule has 0 aliphatic carbocycles. The van der Waals surface area contributed by atoms with Crippen LogP contribution in [0.5, 0.6) is 11.5 Å². The molecule has 3 heterocycles. The van der Waals surface area contributed by atoms with E-state index in [4.69, 9.17) is 9.72 Å². The summed E-state index contributed by atoms with van der Waals surface area (Å²) in [6, 6.07) is 64.7. The fourth-order valence-corrected chi connectivity index (χ4v) is 11.7. The number of rotatable bonds is 10. The molecule has 5 heteroatoms. The summed E-state index contributed by atoms with van der Waals surface area (Å²) >= 11 is 0. The van der Waals surface area contributed by atoms with Crippen molar-refractivity contribution >= 4 is 33.2 Å². The van der Waals surface area contributed by atoms with Gasteiger partial charge in [-0.3, -0.25) is 4.57 Å². The van der Waals surface area contributed by atoms with Gasteiger partial charge in [0.2, 0.25) is 0 Å². The van der Waals surface area contributed by atoms with E-state index in [1.807, 2.05) is 6.20 Å². The van der Waals surface area contributed by atoms with Crippen molar-refractivity contribution in [2.45, 2.75) is 132 Å². The summed E-state index contributed by atoms with van der Waals surface area (Å²) in [5, 5.41) is 2.43. The highest BCUT2D eigenvalue weighted by atomic mass is 16.5. The van der Waals surface area contributed by atoms with E-state index < -0.39 is 0 Å². The number of benzene rings is 7. The van der Waals surface area contributed by atoms with Crippen LogP contribution < -0.4 is 14.5 Å². The Bertz CT molecular complexity index is 3590. The summed E-state index contributed by atoms with van der Waals surface area (Å²) in [4.78, 5) is 10.2. The summed E-state index contributed by atoms with van der Waals surface area (Å²) in [5.74, 6) is 2.46. The third-order valence-electron chi connectivity index (χ3n) is 16.1. The van der Waals surface area contributed by atoms with Gasteiger partial charge < -0.3 is 14.5 Å². The van der Waals surface area contributed by atoms with E-state index in [0.29, 0.717) is 6.67 Å². The van der Waals surface area contributed by atoms with E-state index in [1.54, 1.807) is 0 Å². The predicted molar refractivity (Wildman–Crippen MR) is 327 cm³/mol. The van der Waals surface area contributed by atoms with Gasteiger partial charge in [-0.2, -0.15) is 0 Å². The largest absolute Gasteiger partial charge is 0.457 e. The Hall–Kier alpha value is -7.37. The molecule has 0 spiro atoms. The van der Waals surface area contributed by atoms with E-state index in [2.05, 4.69) is 301 Å². The van der Waals surface area contributed by atoms with Crippen molar-refractivity contribution in [1.82, 2.24) is 9.55 Å². The molecular formula is C72H80N4O. The zero-order valence-corrected chi connectivity index (χ0v) is 48.7. The van der Waals surface area contributed by atoms with Crippen molar-refractivity contribution in [3.05, 3.63) is 227 Å². The van der Waals surface area contributed by atoms with Crippen molar-refractivity contribution in [3.63, 3.8) is 0 Å². The number of hydrogen-bond donors (Lipinski definition) is 0. The first-order valence-corrected chi connectivity index (χ1v) is 27.7. The molecule has 7 aromatic carbocycles. The highest BCUT2D eigenvalue weighted by molar-refractivity contribution is 6.11. The van der Waals surface area contributed by atoms with Gasteiger partial charge in [-0.05, 0) is 104 Å². The molecule has 0 atom stereocenters. The first-order chi connectivity index (χ1) is 36.2. The summed E-state index contributed by atoms with van der Waals surface area (Å²) in [6.07, 6.45) is 1.95. The zero-order chi connectivity index (χ0) is 55.0. The lowest BCUT2D eigenvalue weighted by atomic mass is 9.73. The Labute approximate surface area is 460 Å². The molecule has 10 rings (SSSR count). The molecule has 5 nitrogen and oxygen atoms in total. The Morgan fingerprint density at radius 1 is 0.390 bits per heavy atom. The lowest BCUT2D eigenvalue weighted by Gasteiger charge is -2.36. The first-order valence-electron chi connectivity index (χ1n) is 27.7. The topological polar surface area (TPSA) is 33.5 Å². The molecule has 0 bridgehead atoms. The van der Waals surface area contributed by atoms with Crippen LogP contribution in [-0.2, 0) is 21.7 Å². The zero-order valence-electron chi connectivity index (χ0n) is 48.7. The molecule has 2 aromatic heterocycles. The van der Waals surface area contributed by atoms with Gasteiger partial charge >= 0.3 is 0 Å². The first kappa shape index (κ1) is 53.0. The van der Waals surface area contributed by atoms with Gasteiger partial charge in [0.15, 0.2) is 0 Å². The summed E-state index contributed by atoms with van der Waals surface area (Å²) in [6.45, 7) is 38.1. The van der Waals surface area contributed by atoms with Crippen LogP contribution in [0.15, 0.2) is 194 Å². The maximum atomic E-state index is 7.38. The van der Waals surface area contributed by atoms with Gasteiger partial charge in [-0.1, -0.05) is 226 Å². The minimum atomic E-state index is -0.274. The average molecular weight is 1020 g/mol. The molecular weight excluding hydrogens is 937 g/mol. The molecule has 0 saturated heterocycles. The fourth-order valence-electron chi connectivity index (χ4n) is 11.7. The molecule has 0 amide bonds. The van der Waals surface area contributed by atoms with E-state index in [-0.39, 0.29) is 32.5 Å². The Balaban J connectivity index is 1.17. The van der Waals surface area contributed by atoms with Crippen molar-refractivity contribution in [1.29, 1.82) is 0 Å². The average Bonchev–Trinajstić information content (AvgIpc) is 4.07. The molecule has 0 saturated carbocycles. The Morgan fingerprint density at radius 2 is 0.896 bits per heavy atom. The molecule has 1 aliphatic rings. The minimum Gasteiger partial charge on any atom is -0.457 e. The molecule has 9 aromatic rings. The number of para-hydroxylation sites is 1. The van der Waals surface area contributed by atoms with E-state index in [0.717, 1.165) is 45.2 Å². The number of allylic oxidation sites excluding steroid dienone is 2. The minimum absolute atomic E-state index is 0.0453. The number of aromatic nitrogens is 2. The number of ether oxygens (including phenoxy) is 1. The number of fused-ring (bicyclic) bond motifs is 3. The molecule has 0 N–H and O–H groups in total. The smallest absolute Gasteiger partial charge is 0.137 e. The highest BCUT2D eigenvalue weighted by Gasteiger charge is 2.43. The molecule has 77 heavy (non-hydrogen) atoms. The maximum Gasteiger partial charge on any atom is 0.137 e. The molecule has 0 fully saturated rings. The standard InChI is InChI=1S/C72H80N4O/c1-67(2,3)52-36-37-73-63(43-52)76-61-35-27-26-34-59(61)64-60(68(4,5)6)45-58(46-62(64)76)77-57-39-49(48-28-20-17-21-29-48)38-55(44-57)74-47-75(66(70(10,11)12)65(74)69(7,8)9)56-41-53(71(13,14)50-30-22-18-23-31-50)40-54(42-56)72(15,16)51-32-24-19-25-33-51/h17-46H,47H2,1-16H3. The van der Waals surface area contributed by atoms with Crippen molar-refractivity contribution in [2.24, 2.45) is 10.8 Å². The lowest BCUT2D eigenvalue weighted by Crippen LogP contribution is -2.32. The highest BCUT2D eigenvalue weighted by Crippen LogP contribution is 2.51. The third kappa shape index (κ3) is 10.1. The van der Waals surface area contributed by atoms with Gasteiger partial charge in [0.1, 0.15) is 17.3 Å². The molecule has 0 unspecified atom stereocenters. The van der Waals surface area contributed by atoms with Crippen LogP contribution in [0.25, 0.3) is 38.8 Å². The monoisotopic (exact) mass is 1020 g/mol.